The van der Waals surface area contributed by atoms with Crippen molar-refractivity contribution in [2.24, 2.45) is 0 Å². The van der Waals surface area contributed by atoms with Gasteiger partial charge in [-0.15, -0.1) is 0 Å². The molecule has 0 aliphatic carbocycles. The van der Waals surface area contributed by atoms with Crippen LogP contribution in [0.1, 0.15) is 44.3 Å². The highest BCUT2D eigenvalue weighted by Crippen LogP contribution is 2.17. The molecule has 2 heterocycles. The van der Waals surface area contributed by atoms with Gasteiger partial charge in [0, 0.05) is 32.0 Å². The van der Waals surface area contributed by atoms with E-state index in [1.165, 1.54) is 0 Å². The largest absolute Gasteiger partial charge is 0.339 e. The number of sulfone groups is 1. The van der Waals surface area contributed by atoms with E-state index >= 15 is 0 Å². The molecular weight excluding hydrogens is 332 g/mol. The summed E-state index contributed by atoms with van der Waals surface area (Å²) in [6, 6.07) is 0.0129. The minimum Gasteiger partial charge on any atom is -0.339 e. The molecule has 1 aliphatic rings. The molecule has 0 bridgehead atoms. The summed E-state index contributed by atoms with van der Waals surface area (Å²) in [6.07, 6.45) is 0.974. The number of hydrogen-bond acceptors (Lipinski definition) is 7. The van der Waals surface area contributed by atoms with Crippen LogP contribution < -0.4 is 0 Å². The first-order valence-electron chi connectivity index (χ1n) is 8.15. The number of rotatable bonds is 7. The first-order valence-corrected chi connectivity index (χ1v) is 9.97. The smallest absolute Gasteiger partial charge is 0.229 e. The van der Waals surface area contributed by atoms with Gasteiger partial charge in [-0.2, -0.15) is 4.98 Å². The van der Waals surface area contributed by atoms with E-state index in [1.807, 2.05) is 25.8 Å². The Kier molecular flexibility index (Phi) is 5.97. The Morgan fingerprint density at radius 1 is 1.38 bits per heavy atom. The lowest BCUT2D eigenvalue weighted by Crippen LogP contribution is -2.36. The predicted octanol–water partition coefficient (Wildman–Crippen LogP) is 0.660. The zero-order valence-electron chi connectivity index (χ0n) is 14.7. The SMILES string of the molecule is CC(C)c1nc(CN(C)C(=O)CCN(C)[C@H]2CCS(=O)(=O)C2)no1. The van der Waals surface area contributed by atoms with Crippen LogP contribution in [0.5, 0.6) is 0 Å². The summed E-state index contributed by atoms with van der Waals surface area (Å²) in [7, 11) is 0.665. The molecule has 8 nitrogen and oxygen atoms in total. The van der Waals surface area contributed by atoms with Gasteiger partial charge < -0.3 is 14.3 Å². The molecule has 24 heavy (non-hydrogen) atoms. The summed E-state index contributed by atoms with van der Waals surface area (Å²) in [5.74, 6) is 1.61. The van der Waals surface area contributed by atoms with Crippen LogP contribution in [-0.2, 0) is 21.2 Å². The Bertz CT molecular complexity index is 671. The minimum absolute atomic E-state index is 0.0129. The number of amides is 1. The van der Waals surface area contributed by atoms with Gasteiger partial charge in [-0.1, -0.05) is 19.0 Å². The molecule has 0 unspecified atom stereocenters. The van der Waals surface area contributed by atoms with E-state index in [2.05, 4.69) is 10.1 Å². The fourth-order valence-corrected chi connectivity index (χ4v) is 4.44. The van der Waals surface area contributed by atoms with Crippen LogP contribution in [0.4, 0.5) is 0 Å². The van der Waals surface area contributed by atoms with Gasteiger partial charge in [0.2, 0.25) is 11.8 Å². The first-order chi connectivity index (χ1) is 11.2. The summed E-state index contributed by atoms with van der Waals surface area (Å²) < 4.78 is 28.2. The molecular formula is C15H26N4O4S. The van der Waals surface area contributed by atoms with Crippen LogP contribution in [0.3, 0.4) is 0 Å². The summed E-state index contributed by atoms with van der Waals surface area (Å²) >= 11 is 0. The lowest BCUT2D eigenvalue weighted by atomic mass is 10.2. The second kappa shape index (κ2) is 7.60. The highest BCUT2D eigenvalue weighted by atomic mass is 32.2. The quantitative estimate of drug-likeness (QED) is 0.706. The summed E-state index contributed by atoms with van der Waals surface area (Å²) in [4.78, 5) is 20.0. The third kappa shape index (κ3) is 5.01. The average Bonchev–Trinajstić information content (AvgIpc) is 3.10. The van der Waals surface area contributed by atoms with Crippen molar-refractivity contribution < 1.29 is 17.7 Å². The summed E-state index contributed by atoms with van der Waals surface area (Å²) in [5.41, 5.74) is 0. The van der Waals surface area contributed by atoms with Crippen LogP contribution >= 0.6 is 0 Å². The zero-order valence-corrected chi connectivity index (χ0v) is 15.5. The Labute approximate surface area is 143 Å². The number of aromatic nitrogens is 2. The topological polar surface area (TPSA) is 96.6 Å². The highest BCUT2D eigenvalue weighted by Gasteiger charge is 2.30. The fourth-order valence-electron chi connectivity index (χ4n) is 2.63. The molecule has 1 aliphatic heterocycles. The van der Waals surface area contributed by atoms with E-state index in [4.69, 9.17) is 4.52 Å². The summed E-state index contributed by atoms with van der Waals surface area (Å²) in [5, 5.41) is 3.88. The molecule has 136 valence electrons. The van der Waals surface area contributed by atoms with Crippen molar-refractivity contribution in [1.29, 1.82) is 0 Å². The van der Waals surface area contributed by atoms with Crippen molar-refractivity contribution in [3.05, 3.63) is 11.7 Å². The van der Waals surface area contributed by atoms with Gasteiger partial charge in [0.15, 0.2) is 15.7 Å². The van der Waals surface area contributed by atoms with Crippen molar-refractivity contribution >= 4 is 15.7 Å². The highest BCUT2D eigenvalue weighted by molar-refractivity contribution is 7.91. The molecule has 9 heteroatoms. The molecule has 1 atom stereocenters. The lowest BCUT2D eigenvalue weighted by molar-refractivity contribution is -0.130. The normalized spacial score (nSPS) is 20.0. The second-order valence-corrected chi connectivity index (χ2v) is 8.97. The first kappa shape index (κ1) is 18.9. The van der Waals surface area contributed by atoms with Crippen molar-refractivity contribution in [1.82, 2.24) is 19.9 Å². The third-order valence-electron chi connectivity index (χ3n) is 4.29. The summed E-state index contributed by atoms with van der Waals surface area (Å²) in [6.45, 7) is 4.76. The molecule has 0 radical (unpaired) electrons. The number of carbonyl (C=O) groups excluding carboxylic acids is 1. The van der Waals surface area contributed by atoms with Gasteiger partial charge >= 0.3 is 0 Å². The van der Waals surface area contributed by atoms with Crippen molar-refractivity contribution in [3.63, 3.8) is 0 Å². The molecule has 1 saturated heterocycles. The van der Waals surface area contributed by atoms with Gasteiger partial charge in [0.1, 0.15) is 0 Å². The molecule has 0 saturated carbocycles. The van der Waals surface area contributed by atoms with E-state index in [9.17, 15) is 13.2 Å². The van der Waals surface area contributed by atoms with Gasteiger partial charge in [-0.05, 0) is 13.5 Å². The number of nitrogens with zero attached hydrogens (tertiary/aromatic N) is 4. The van der Waals surface area contributed by atoms with Crippen LogP contribution in [0.15, 0.2) is 4.52 Å². The number of hydrogen-bond donors (Lipinski definition) is 0. The molecule has 2 rings (SSSR count). The standard InChI is InChI=1S/C15H26N4O4S/c1-11(2)15-16-13(17-23-15)9-19(4)14(20)5-7-18(3)12-6-8-24(21,22)10-12/h11-12H,5-10H2,1-4H3/t12-/m0/s1. The van der Waals surface area contributed by atoms with Crippen LogP contribution in [0.2, 0.25) is 0 Å². The van der Waals surface area contributed by atoms with Crippen LogP contribution in [0, 0.1) is 0 Å². The molecule has 0 aromatic carbocycles. The van der Waals surface area contributed by atoms with Gasteiger partial charge in [-0.25, -0.2) is 8.42 Å². The molecule has 0 N–H and O–H groups in total. The van der Waals surface area contributed by atoms with E-state index in [0.29, 0.717) is 37.6 Å². The van der Waals surface area contributed by atoms with Crippen LogP contribution in [0.25, 0.3) is 0 Å². The molecule has 1 amide bonds. The van der Waals surface area contributed by atoms with Crippen molar-refractivity contribution in [2.75, 3.05) is 32.1 Å². The molecule has 0 spiro atoms. The lowest BCUT2D eigenvalue weighted by Gasteiger charge is -2.24. The predicted molar refractivity (Wildman–Crippen MR) is 89.2 cm³/mol. The molecule has 1 aromatic rings. The Morgan fingerprint density at radius 3 is 2.62 bits per heavy atom. The maximum atomic E-state index is 12.2. The maximum Gasteiger partial charge on any atom is 0.229 e. The Hall–Kier alpha value is -1.48. The van der Waals surface area contributed by atoms with E-state index in [1.54, 1.807) is 11.9 Å². The van der Waals surface area contributed by atoms with E-state index in [-0.39, 0.29) is 29.4 Å². The van der Waals surface area contributed by atoms with Gasteiger partial charge in [0.25, 0.3) is 0 Å². The Balaban J connectivity index is 1.79. The van der Waals surface area contributed by atoms with E-state index < -0.39 is 9.84 Å². The van der Waals surface area contributed by atoms with E-state index in [0.717, 1.165) is 0 Å². The van der Waals surface area contributed by atoms with Gasteiger partial charge in [-0.3, -0.25) is 4.79 Å². The van der Waals surface area contributed by atoms with Gasteiger partial charge in [0.05, 0.1) is 18.1 Å². The zero-order chi connectivity index (χ0) is 17.9. The minimum atomic E-state index is -2.90. The fraction of sp³-hybridized carbons (Fsp3) is 0.800. The molecule has 1 aromatic heterocycles. The molecule has 1 fully saturated rings. The Morgan fingerprint density at radius 2 is 2.08 bits per heavy atom. The second-order valence-electron chi connectivity index (χ2n) is 6.74. The third-order valence-corrected chi connectivity index (χ3v) is 6.04. The number of carbonyl (C=O) groups is 1. The monoisotopic (exact) mass is 358 g/mol. The van der Waals surface area contributed by atoms with Crippen molar-refractivity contribution in [2.45, 2.75) is 45.2 Å². The van der Waals surface area contributed by atoms with Crippen molar-refractivity contribution in [3.8, 4) is 0 Å². The maximum absolute atomic E-state index is 12.2. The van der Waals surface area contributed by atoms with Crippen LogP contribution in [-0.4, -0.2) is 72.5 Å². The average molecular weight is 358 g/mol.